The molecule has 1 aromatic carbocycles. The third kappa shape index (κ3) is 6.29. The highest BCUT2D eigenvalue weighted by Gasteiger charge is 1.94. The van der Waals surface area contributed by atoms with Gasteiger partial charge in [-0.3, -0.25) is 0 Å². The summed E-state index contributed by atoms with van der Waals surface area (Å²) in [6.07, 6.45) is 2.27. The molecule has 17 heavy (non-hydrogen) atoms. The fourth-order valence-electron chi connectivity index (χ4n) is 1.67. The van der Waals surface area contributed by atoms with Gasteiger partial charge >= 0.3 is 0 Å². The maximum Gasteiger partial charge on any atom is 0.118 e. The lowest BCUT2D eigenvalue weighted by Crippen LogP contribution is -2.23. The molecule has 0 saturated heterocycles. The predicted molar refractivity (Wildman–Crippen MR) is 72.7 cm³/mol. The predicted octanol–water partition coefficient (Wildman–Crippen LogP) is 1.83. The average Bonchev–Trinajstić information content (AvgIpc) is 2.38. The van der Waals surface area contributed by atoms with E-state index in [0.29, 0.717) is 0 Å². The van der Waals surface area contributed by atoms with Crippen molar-refractivity contribution < 1.29 is 4.74 Å². The van der Waals surface area contributed by atoms with Crippen molar-refractivity contribution >= 4 is 0 Å². The van der Waals surface area contributed by atoms with Gasteiger partial charge in [-0.25, -0.2) is 0 Å². The molecule has 0 fully saturated rings. The van der Waals surface area contributed by atoms with Crippen LogP contribution < -0.4 is 15.4 Å². The molecule has 1 rings (SSSR count). The summed E-state index contributed by atoms with van der Waals surface area (Å²) in [6, 6.07) is 8.28. The van der Waals surface area contributed by atoms with Crippen molar-refractivity contribution in [2.75, 3.05) is 33.3 Å². The van der Waals surface area contributed by atoms with E-state index in [1.54, 1.807) is 7.11 Å². The number of ether oxygens (including phenoxy) is 1. The van der Waals surface area contributed by atoms with Gasteiger partial charge in [-0.1, -0.05) is 19.1 Å². The third-order valence-electron chi connectivity index (χ3n) is 2.71. The van der Waals surface area contributed by atoms with E-state index >= 15 is 0 Å². The molecule has 2 N–H and O–H groups in total. The van der Waals surface area contributed by atoms with Gasteiger partial charge in [-0.15, -0.1) is 0 Å². The Morgan fingerprint density at radius 2 is 1.71 bits per heavy atom. The highest BCUT2D eigenvalue weighted by atomic mass is 16.5. The van der Waals surface area contributed by atoms with Crippen LogP contribution in [0.3, 0.4) is 0 Å². The van der Waals surface area contributed by atoms with Gasteiger partial charge in [0.15, 0.2) is 0 Å². The summed E-state index contributed by atoms with van der Waals surface area (Å²) < 4.78 is 5.13. The van der Waals surface area contributed by atoms with Crippen molar-refractivity contribution in [3.8, 4) is 5.75 Å². The second-order valence-corrected chi connectivity index (χ2v) is 4.06. The highest BCUT2D eigenvalue weighted by molar-refractivity contribution is 5.27. The molecule has 0 saturated carbocycles. The number of nitrogens with one attached hydrogen (secondary N) is 2. The van der Waals surface area contributed by atoms with E-state index in [9.17, 15) is 0 Å². The van der Waals surface area contributed by atoms with E-state index < -0.39 is 0 Å². The summed E-state index contributed by atoms with van der Waals surface area (Å²) in [5.74, 6) is 0.923. The molecule has 1 aromatic rings. The Bertz CT molecular complexity index is 285. The second-order valence-electron chi connectivity index (χ2n) is 4.06. The molecule has 0 aliphatic carbocycles. The lowest BCUT2D eigenvalue weighted by molar-refractivity contribution is 0.414. The number of hydrogen-bond acceptors (Lipinski definition) is 3. The molecule has 0 bridgehead atoms. The fourth-order valence-corrected chi connectivity index (χ4v) is 1.67. The van der Waals surface area contributed by atoms with E-state index in [2.05, 4.69) is 29.7 Å². The van der Waals surface area contributed by atoms with Crippen LogP contribution in [-0.2, 0) is 6.42 Å². The Morgan fingerprint density at radius 1 is 1.00 bits per heavy atom. The van der Waals surface area contributed by atoms with Crippen LogP contribution in [-0.4, -0.2) is 33.3 Å². The minimum Gasteiger partial charge on any atom is -0.497 e. The topological polar surface area (TPSA) is 33.3 Å². The fraction of sp³-hybridized carbons (Fsp3) is 0.571. The summed E-state index contributed by atoms with van der Waals surface area (Å²) in [6.45, 7) is 6.43. The normalized spacial score (nSPS) is 10.5. The Labute approximate surface area is 105 Å². The molecule has 0 spiro atoms. The molecule has 0 amide bonds. The molecule has 0 aromatic heterocycles. The number of rotatable bonds is 9. The van der Waals surface area contributed by atoms with Crippen molar-refractivity contribution in [3.05, 3.63) is 29.8 Å². The van der Waals surface area contributed by atoms with E-state index in [0.717, 1.165) is 38.3 Å². The Balaban J connectivity index is 2.05. The molecule has 0 radical (unpaired) electrons. The van der Waals surface area contributed by atoms with Gasteiger partial charge in [0.1, 0.15) is 5.75 Å². The molecule has 0 aliphatic heterocycles. The molecule has 3 nitrogen and oxygen atoms in total. The number of hydrogen-bond donors (Lipinski definition) is 2. The number of benzene rings is 1. The Hall–Kier alpha value is -1.06. The summed E-state index contributed by atoms with van der Waals surface area (Å²) >= 11 is 0. The van der Waals surface area contributed by atoms with Crippen LogP contribution >= 0.6 is 0 Å². The third-order valence-corrected chi connectivity index (χ3v) is 2.71. The standard InChI is InChI=1S/C14H24N2O/c1-3-15-10-4-11-16-12-9-13-5-7-14(17-2)8-6-13/h5-8,15-16H,3-4,9-12H2,1-2H3. The van der Waals surface area contributed by atoms with E-state index in [1.807, 2.05) is 12.1 Å². The van der Waals surface area contributed by atoms with Crippen LogP contribution in [0.15, 0.2) is 24.3 Å². The van der Waals surface area contributed by atoms with Gasteiger partial charge in [-0.2, -0.15) is 0 Å². The van der Waals surface area contributed by atoms with Crippen molar-refractivity contribution in [1.82, 2.24) is 10.6 Å². The first-order valence-corrected chi connectivity index (χ1v) is 6.41. The van der Waals surface area contributed by atoms with Gasteiger partial charge in [0.05, 0.1) is 7.11 Å². The first-order chi connectivity index (χ1) is 8.36. The zero-order chi connectivity index (χ0) is 12.3. The molecular formula is C14H24N2O. The van der Waals surface area contributed by atoms with Crippen molar-refractivity contribution in [1.29, 1.82) is 0 Å². The van der Waals surface area contributed by atoms with Crippen LogP contribution in [0.2, 0.25) is 0 Å². The van der Waals surface area contributed by atoms with Crippen molar-refractivity contribution in [2.45, 2.75) is 19.8 Å². The first-order valence-electron chi connectivity index (χ1n) is 6.41. The smallest absolute Gasteiger partial charge is 0.118 e. The van der Waals surface area contributed by atoms with Crippen LogP contribution in [0, 0.1) is 0 Å². The molecule has 0 unspecified atom stereocenters. The molecule has 0 heterocycles. The monoisotopic (exact) mass is 236 g/mol. The maximum absolute atomic E-state index is 5.13. The zero-order valence-corrected chi connectivity index (χ0v) is 11.0. The lowest BCUT2D eigenvalue weighted by atomic mass is 10.1. The molecule has 96 valence electrons. The quantitative estimate of drug-likeness (QED) is 0.642. The largest absolute Gasteiger partial charge is 0.497 e. The lowest BCUT2D eigenvalue weighted by Gasteiger charge is -2.06. The summed E-state index contributed by atoms with van der Waals surface area (Å²) in [5, 5.41) is 6.77. The second kappa shape index (κ2) is 9.02. The van der Waals surface area contributed by atoms with Gasteiger partial charge in [-0.05, 0) is 56.7 Å². The van der Waals surface area contributed by atoms with Gasteiger partial charge in [0, 0.05) is 0 Å². The summed E-state index contributed by atoms with van der Waals surface area (Å²) in [4.78, 5) is 0. The minimum atomic E-state index is 0.923. The molecular weight excluding hydrogens is 212 g/mol. The molecule has 3 heteroatoms. The van der Waals surface area contributed by atoms with Gasteiger partial charge in [0.2, 0.25) is 0 Å². The minimum absolute atomic E-state index is 0.923. The maximum atomic E-state index is 5.13. The molecule has 0 atom stereocenters. The van der Waals surface area contributed by atoms with E-state index in [-0.39, 0.29) is 0 Å². The van der Waals surface area contributed by atoms with Crippen LogP contribution in [0.1, 0.15) is 18.9 Å². The van der Waals surface area contributed by atoms with Crippen LogP contribution in [0.5, 0.6) is 5.75 Å². The van der Waals surface area contributed by atoms with Crippen molar-refractivity contribution in [3.63, 3.8) is 0 Å². The van der Waals surface area contributed by atoms with Gasteiger partial charge in [0.25, 0.3) is 0 Å². The van der Waals surface area contributed by atoms with Crippen molar-refractivity contribution in [2.24, 2.45) is 0 Å². The summed E-state index contributed by atoms with van der Waals surface area (Å²) in [5.41, 5.74) is 1.35. The number of methoxy groups -OCH3 is 1. The van der Waals surface area contributed by atoms with Crippen LogP contribution in [0.4, 0.5) is 0 Å². The Kier molecular flexibility index (Phi) is 7.43. The zero-order valence-electron chi connectivity index (χ0n) is 11.0. The molecule has 0 aliphatic rings. The SMILES string of the molecule is CCNCCCNCCc1ccc(OC)cc1. The van der Waals surface area contributed by atoms with E-state index in [1.165, 1.54) is 12.0 Å². The highest BCUT2D eigenvalue weighted by Crippen LogP contribution is 2.11. The Morgan fingerprint density at radius 3 is 2.35 bits per heavy atom. The average molecular weight is 236 g/mol. The van der Waals surface area contributed by atoms with Gasteiger partial charge < -0.3 is 15.4 Å². The van der Waals surface area contributed by atoms with Crippen LogP contribution in [0.25, 0.3) is 0 Å². The summed E-state index contributed by atoms with van der Waals surface area (Å²) in [7, 11) is 1.70. The van der Waals surface area contributed by atoms with E-state index in [4.69, 9.17) is 4.74 Å². The first kappa shape index (κ1) is 14.0.